The van der Waals surface area contributed by atoms with Crippen LogP contribution in [0, 0.1) is 0 Å². The van der Waals surface area contributed by atoms with Crippen molar-refractivity contribution in [2.45, 2.75) is 25.7 Å². The van der Waals surface area contributed by atoms with E-state index in [1.54, 1.807) is 6.08 Å². The summed E-state index contributed by atoms with van der Waals surface area (Å²) in [6, 6.07) is 10.5. The van der Waals surface area contributed by atoms with E-state index < -0.39 is 0 Å². The van der Waals surface area contributed by atoms with Gasteiger partial charge in [-0.3, -0.25) is 0 Å². The van der Waals surface area contributed by atoms with Gasteiger partial charge in [-0.05, 0) is 43.4 Å². The second kappa shape index (κ2) is 12.7. The summed E-state index contributed by atoms with van der Waals surface area (Å²) < 4.78 is 0. The van der Waals surface area contributed by atoms with Crippen LogP contribution in [0.5, 0.6) is 0 Å². The first-order chi connectivity index (χ1) is 10.8. The van der Waals surface area contributed by atoms with Crippen molar-refractivity contribution < 1.29 is 0 Å². The van der Waals surface area contributed by atoms with Gasteiger partial charge in [0.2, 0.25) is 0 Å². The highest BCUT2D eigenvalue weighted by Crippen LogP contribution is 2.30. The summed E-state index contributed by atoms with van der Waals surface area (Å²) in [5, 5.41) is 0. The molecule has 0 amide bonds. The summed E-state index contributed by atoms with van der Waals surface area (Å²) in [7, 11) is -0.167. The third-order valence-corrected chi connectivity index (χ3v) is 4.98. The molecule has 0 aliphatic heterocycles. The van der Waals surface area contributed by atoms with E-state index >= 15 is 0 Å². The Balaban J connectivity index is 0.00000211. The van der Waals surface area contributed by atoms with Crippen LogP contribution < -0.4 is 0 Å². The summed E-state index contributed by atoms with van der Waals surface area (Å²) in [4.78, 5) is 3.67. The molecule has 1 aromatic rings. The third kappa shape index (κ3) is 6.19. The van der Waals surface area contributed by atoms with Crippen molar-refractivity contribution in [2.24, 2.45) is 0 Å². The van der Waals surface area contributed by atoms with Gasteiger partial charge in [0.05, 0.1) is 10.9 Å². The van der Waals surface area contributed by atoms with Gasteiger partial charge in [0, 0.05) is 0 Å². The lowest BCUT2D eigenvalue weighted by Crippen LogP contribution is -2.06. The average Bonchev–Trinajstić information content (AvgIpc) is 2.59. The summed E-state index contributed by atoms with van der Waals surface area (Å²) >= 11 is 0. The van der Waals surface area contributed by atoms with Gasteiger partial charge in [0.25, 0.3) is 0 Å². The van der Waals surface area contributed by atoms with Crippen LogP contribution in [0.2, 0.25) is 0 Å². The molecule has 0 N–H and O–H groups in total. The molecule has 0 radical (unpaired) electrons. The van der Waals surface area contributed by atoms with Crippen molar-refractivity contribution in [3.05, 3.63) is 102 Å². The minimum atomic E-state index is -0.167. The van der Waals surface area contributed by atoms with Crippen LogP contribution in [-0.4, -0.2) is 0 Å². The molecule has 0 aliphatic carbocycles. The van der Waals surface area contributed by atoms with Gasteiger partial charge < -0.3 is 0 Å². The van der Waals surface area contributed by atoms with E-state index in [9.17, 15) is 0 Å². The summed E-state index contributed by atoms with van der Waals surface area (Å²) in [5.74, 6) is 0. The monoisotopic (exact) mass is 311 g/mol. The lowest BCUT2D eigenvalue weighted by molar-refractivity contribution is 1.45. The van der Waals surface area contributed by atoms with Crippen molar-refractivity contribution >= 4 is 10.9 Å². The topological polar surface area (TPSA) is 0 Å². The lowest BCUT2D eigenvalue weighted by Gasteiger charge is -2.08. The van der Waals surface area contributed by atoms with Gasteiger partial charge in [-0.1, -0.05) is 70.0 Å². The molecule has 0 bridgehead atoms. The zero-order valence-corrected chi connectivity index (χ0v) is 14.8. The van der Waals surface area contributed by atoms with Crippen molar-refractivity contribution in [1.29, 1.82) is 0 Å². The maximum atomic E-state index is 3.94. The Morgan fingerprint density at radius 1 is 0.955 bits per heavy atom. The minimum Gasteiger partial charge on any atom is -0.0991 e. The van der Waals surface area contributed by atoms with Gasteiger partial charge in [-0.2, -0.15) is 0 Å². The fourth-order valence-electron chi connectivity index (χ4n) is 1.75. The standard InChI is InChI=1S/C19H21S.C2H6/c1-5-9-14-18(8-4)20(17(7-3)13-6-2)19-15-11-10-12-16-19;1-2/h5-16H,1-3H2,4H3;1-2H3/q+1;/b14-9-,17-13+,18-8+;. The highest BCUT2D eigenvalue weighted by Gasteiger charge is 2.29. The molecule has 0 fully saturated rings. The second-order valence-electron chi connectivity index (χ2n) is 3.91. The van der Waals surface area contributed by atoms with Gasteiger partial charge in [0.15, 0.2) is 14.7 Å². The zero-order valence-electron chi connectivity index (χ0n) is 14.0. The van der Waals surface area contributed by atoms with E-state index in [1.165, 1.54) is 9.80 Å². The Labute approximate surface area is 139 Å². The Kier molecular flexibility index (Phi) is 11.6. The van der Waals surface area contributed by atoms with E-state index in [4.69, 9.17) is 0 Å². The Hall–Kier alpha value is -1.99. The predicted octanol–water partition coefficient (Wildman–Crippen LogP) is 6.59. The molecule has 0 heterocycles. The third-order valence-electron chi connectivity index (χ3n) is 2.61. The maximum Gasteiger partial charge on any atom is 0.166 e. The first kappa shape index (κ1) is 20.0. The molecule has 1 unspecified atom stereocenters. The van der Waals surface area contributed by atoms with Crippen LogP contribution in [0.1, 0.15) is 20.8 Å². The van der Waals surface area contributed by atoms with Crippen molar-refractivity contribution in [1.82, 2.24) is 0 Å². The SMILES string of the molecule is C=C/C=C\C(=C/C)[S+](/C(C=C)=C/C=C)c1ccccc1.CC. The van der Waals surface area contributed by atoms with E-state index in [-0.39, 0.29) is 10.9 Å². The van der Waals surface area contributed by atoms with E-state index in [1.807, 2.05) is 44.2 Å². The lowest BCUT2D eigenvalue weighted by atomic mass is 10.4. The molecule has 0 aromatic heterocycles. The number of hydrogen-bond acceptors (Lipinski definition) is 0. The Bertz CT molecular complexity index is 545. The van der Waals surface area contributed by atoms with Crippen molar-refractivity contribution in [3.63, 3.8) is 0 Å². The van der Waals surface area contributed by atoms with Crippen molar-refractivity contribution in [3.8, 4) is 0 Å². The van der Waals surface area contributed by atoms with Crippen molar-refractivity contribution in [2.75, 3.05) is 0 Å². The molecular weight excluding hydrogens is 284 g/mol. The molecule has 1 aromatic carbocycles. The number of rotatable bonds is 7. The molecule has 22 heavy (non-hydrogen) atoms. The molecule has 1 atom stereocenters. The van der Waals surface area contributed by atoms with E-state index in [2.05, 4.69) is 63.1 Å². The van der Waals surface area contributed by atoms with Crippen LogP contribution in [0.3, 0.4) is 0 Å². The van der Waals surface area contributed by atoms with Crippen LogP contribution in [0.15, 0.2) is 107 Å². The minimum absolute atomic E-state index is 0.167. The van der Waals surface area contributed by atoms with Gasteiger partial charge in [-0.25, -0.2) is 0 Å². The highest BCUT2D eigenvalue weighted by molar-refractivity contribution is 8.04. The van der Waals surface area contributed by atoms with Gasteiger partial charge in [-0.15, -0.1) is 0 Å². The fourth-order valence-corrected chi connectivity index (χ4v) is 3.84. The normalized spacial score (nSPS) is 13.0. The summed E-state index contributed by atoms with van der Waals surface area (Å²) in [6.07, 6.45) is 13.7. The molecule has 0 aliphatic rings. The van der Waals surface area contributed by atoms with Crippen LogP contribution in [0.25, 0.3) is 0 Å². The molecular formula is C21H27S+. The molecule has 0 saturated carbocycles. The second-order valence-corrected chi connectivity index (χ2v) is 5.94. The molecule has 0 nitrogen and oxygen atoms in total. The van der Waals surface area contributed by atoms with Gasteiger partial charge in [0.1, 0.15) is 0 Å². The number of allylic oxidation sites excluding steroid dienone is 7. The molecule has 0 saturated heterocycles. The number of hydrogen-bond donors (Lipinski definition) is 0. The van der Waals surface area contributed by atoms with Crippen LogP contribution in [0.4, 0.5) is 0 Å². The average molecular weight is 312 g/mol. The Morgan fingerprint density at radius 3 is 2.05 bits per heavy atom. The van der Waals surface area contributed by atoms with Gasteiger partial charge >= 0.3 is 0 Å². The summed E-state index contributed by atoms with van der Waals surface area (Å²) in [6.45, 7) is 17.5. The molecule has 116 valence electrons. The molecule has 1 rings (SSSR count). The quantitative estimate of drug-likeness (QED) is 0.393. The summed E-state index contributed by atoms with van der Waals surface area (Å²) in [5.41, 5.74) is 0. The first-order valence-electron chi connectivity index (χ1n) is 7.48. The van der Waals surface area contributed by atoms with E-state index in [0.717, 1.165) is 4.91 Å². The first-order valence-corrected chi connectivity index (χ1v) is 8.70. The number of benzene rings is 1. The fraction of sp³-hybridized carbons (Fsp3) is 0.143. The molecule has 0 spiro atoms. The zero-order chi connectivity index (χ0) is 16.8. The van der Waals surface area contributed by atoms with Crippen LogP contribution in [-0.2, 0) is 10.9 Å². The predicted molar refractivity (Wildman–Crippen MR) is 105 cm³/mol. The maximum absolute atomic E-state index is 3.94. The van der Waals surface area contributed by atoms with E-state index in [0.29, 0.717) is 0 Å². The Morgan fingerprint density at radius 2 is 1.59 bits per heavy atom. The smallest absolute Gasteiger partial charge is 0.0991 e. The molecule has 1 heteroatoms. The van der Waals surface area contributed by atoms with Crippen LogP contribution >= 0.6 is 0 Å². The highest BCUT2D eigenvalue weighted by atomic mass is 32.2. The largest absolute Gasteiger partial charge is 0.166 e.